The van der Waals surface area contributed by atoms with E-state index in [1.165, 1.54) is 0 Å². The number of hydrogen-bond donors (Lipinski definition) is 1. The summed E-state index contributed by atoms with van der Waals surface area (Å²) < 4.78 is 11.1. The quantitative estimate of drug-likeness (QED) is 0.515. The third kappa shape index (κ3) is 6.59. The number of carbonyl (C=O) groups is 2. The standard InChI is InChI=1S/C27H30N2O4/c1-20-10-9-13-22(16-20)18-29(23(27(31)28-2)17-21-11-5-4-6-12-21)26(30)19-33-25-15-8-7-14-24(25)32-3/h4-16,23H,17-19H2,1-3H3,(H,28,31)/t23-/m0/s1. The Kier molecular flexibility index (Phi) is 8.47. The van der Waals surface area contributed by atoms with Crippen molar-refractivity contribution in [3.63, 3.8) is 0 Å². The summed E-state index contributed by atoms with van der Waals surface area (Å²) in [5.41, 5.74) is 3.01. The molecule has 0 aromatic heterocycles. The van der Waals surface area contributed by atoms with Gasteiger partial charge in [0.2, 0.25) is 5.91 Å². The molecule has 0 heterocycles. The average molecular weight is 447 g/mol. The van der Waals surface area contributed by atoms with Gasteiger partial charge in [-0.25, -0.2) is 0 Å². The molecule has 0 bridgehead atoms. The molecule has 3 aromatic rings. The average Bonchev–Trinajstić information content (AvgIpc) is 2.85. The van der Waals surface area contributed by atoms with Gasteiger partial charge < -0.3 is 19.7 Å². The Morgan fingerprint density at radius 3 is 2.24 bits per heavy atom. The molecule has 33 heavy (non-hydrogen) atoms. The lowest BCUT2D eigenvalue weighted by Gasteiger charge is -2.31. The molecule has 0 fully saturated rings. The number of methoxy groups -OCH3 is 1. The van der Waals surface area contributed by atoms with Crippen molar-refractivity contribution in [3.8, 4) is 11.5 Å². The highest BCUT2D eigenvalue weighted by molar-refractivity contribution is 5.88. The van der Waals surface area contributed by atoms with Crippen LogP contribution in [0.1, 0.15) is 16.7 Å². The van der Waals surface area contributed by atoms with Crippen molar-refractivity contribution in [3.05, 3.63) is 95.6 Å². The second-order valence-corrected chi connectivity index (χ2v) is 7.77. The zero-order valence-electron chi connectivity index (χ0n) is 19.3. The summed E-state index contributed by atoms with van der Waals surface area (Å²) in [6.07, 6.45) is 0.396. The number of para-hydroxylation sites is 2. The number of ether oxygens (including phenoxy) is 2. The van der Waals surface area contributed by atoms with E-state index in [9.17, 15) is 9.59 Å². The number of hydrogen-bond acceptors (Lipinski definition) is 4. The van der Waals surface area contributed by atoms with Gasteiger partial charge in [-0.05, 0) is 30.2 Å². The topological polar surface area (TPSA) is 67.9 Å². The molecule has 0 saturated heterocycles. The van der Waals surface area contributed by atoms with Gasteiger partial charge in [0.05, 0.1) is 7.11 Å². The van der Waals surface area contributed by atoms with Crippen LogP contribution in [-0.2, 0) is 22.6 Å². The van der Waals surface area contributed by atoms with Crippen LogP contribution in [0.15, 0.2) is 78.9 Å². The fourth-order valence-electron chi connectivity index (χ4n) is 3.69. The molecule has 1 atom stereocenters. The number of nitrogens with one attached hydrogen (secondary N) is 1. The molecule has 0 aliphatic heterocycles. The van der Waals surface area contributed by atoms with E-state index in [0.717, 1.165) is 16.7 Å². The van der Waals surface area contributed by atoms with E-state index >= 15 is 0 Å². The summed E-state index contributed by atoms with van der Waals surface area (Å²) in [6, 6.07) is 24.1. The molecule has 172 valence electrons. The first-order valence-electron chi connectivity index (χ1n) is 10.9. The Bertz CT molecular complexity index is 1070. The molecule has 3 rings (SSSR count). The molecule has 6 heteroatoms. The third-order valence-electron chi connectivity index (χ3n) is 5.37. The van der Waals surface area contributed by atoms with Crippen molar-refractivity contribution >= 4 is 11.8 Å². The first-order chi connectivity index (χ1) is 16.0. The summed E-state index contributed by atoms with van der Waals surface area (Å²) in [7, 11) is 3.14. The van der Waals surface area contributed by atoms with Crippen molar-refractivity contribution in [1.29, 1.82) is 0 Å². The van der Waals surface area contributed by atoms with E-state index in [1.807, 2.05) is 73.7 Å². The number of rotatable bonds is 10. The smallest absolute Gasteiger partial charge is 0.261 e. The van der Waals surface area contributed by atoms with Gasteiger partial charge in [-0.15, -0.1) is 0 Å². The lowest BCUT2D eigenvalue weighted by atomic mass is 10.0. The van der Waals surface area contributed by atoms with Crippen LogP contribution in [0.4, 0.5) is 0 Å². The molecule has 0 aliphatic carbocycles. The van der Waals surface area contributed by atoms with Gasteiger partial charge in [-0.1, -0.05) is 72.3 Å². The van der Waals surface area contributed by atoms with Crippen LogP contribution in [0, 0.1) is 6.92 Å². The minimum atomic E-state index is -0.688. The second kappa shape index (κ2) is 11.7. The highest BCUT2D eigenvalue weighted by Gasteiger charge is 2.30. The summed E-state index contributed by atoms with van der Waals surface area (Å²) in [6.45, 7) is 2.08. The lowest BCUT2D eigenvalue weighted by Crippen LogP contribution is -2.51. The predicted molar refractivity (Wildman–Crippen MR) is 128 cm³/mol. The van der Waals surface area contributed by atoms with E-state index < -0.39 is 6.04 Å². The summed E-state index contributed by atoms with van der Waals surface area (Å²) >= 11 is 0. The zero-order valence-corrected chi connectivity index (χ0v) is 19.3. The maximum absolute atomic E-state index is 13.4. The van der Waals surface area contributed by atoms with E-state index in [1.54, 1.807) is 31.2 Å². The Balaban J connectivity index is 1.88. The molecule has 0 aliphatic rings. The van der Waals surface area contributed by atoms with Crippen molar-refractivity contribution in [2.45, 2.75) is 25.9 Å². The number of aryl methyl sites for hydroxylation is 1. The third-order valence-corrected chi connectivity index (χ3v) is 5.37. The van der Waals surface area contributed by atoms with Crippen LogP contribution >= 0.6 is 0 Å². The molecule has 0 spiro atoms. The number of amides is 2. The van der Waals surface area contributed by atoms with Crippen LogP contribution in [0.25, 0.3) is 0 Å². The van der Waals surface area contributed by atoms with E-state index in [0.29, 0.717) is 24.5 Å². The molecule has 0 unspecified atom stereocenters. The van der Waals surface area contributed by atoms with Crippen LogP contribution in [0.3, 0.4) is 0 Å². The van der Waals surface area contributed by atoms with Crippen LogP contribution in [0.2, 0.25) is 0 Å². The van der Waals surface area contributed by atoms with Crippen molar-refractivity contribution in [2.24, 2.45) is 0 Å². The minimum absolute atomic E-state index is 0.214. The molecule has 3 aromatic carbocycles. The zero-order chi connectivity index (χ0) is 23.6. The molecule has 0 saturated carbocycles. The number of likely N-dealkylation sites (N-methyl/N-ethyl adjacent to an activating group) is 1. The molecular weight excluding hydrogens is 416 g/mol. The number of carbonyl (C=O) groups excluding carboxylic acids is 2. The Morgan fingerprint density at radius 2 is 1.58 bits per heavy atom. The maximum Gasteiger partial charge on any atom is 0.261 e. The van der Waals surface area contributed by atoms with Gasteiger partial charge in [-0.3, -0.25) is 9.59 Å². The summed E-state index contributed by atoms with van der Waals surface area (Å²) in [4.78, 5) is 28.0. The fourth-order valence-corrected chi connectivity index (χ4v) is 3.69. The highest BCUT2D eigenvalue weighted by atomic mass is 16.5. The number of nitrogens with zero attached hydrogens (tertiary/aromatic N) is 1. The van der Waals surface area contributed by atoms with Gasteiger partial charge in [-0.2, -0.15) is 0 Å². The van der Waals surface area contributed by atoms with E-state index in [-0.39, 0.29) is 18.4 Å². The highest BCUT2D eigenvalue weighted by Crippen LogP contribution is 2.26. The summed E-state index contributed by atoms with van der Waals surface area (Å²) in [5, 5.41) is 2.72. The predicted octanol–water partition coefficient (Wildman–Crippen LogP) is 3.77. The largest absolute Gasteiger partial charge is 0.493 e. The van der Waals surface area contributed by atoms with Crippen molar-refractivity contribution in [1.82, 2.24) is 10.2 Å². The minimum Gasteiger partial charge on any atom is -0.493 e. The molecule has 6 nitrogen and oxygen atoms in total. The van der Waals surface area contributed by atoms with Crippen LogP contribution in [-0.4, -0.2) is 43.5 Å². The van der Waals surface area contributed by atoms with Gasteiger partial charge in [0.15, 0.2) is 18.1 Å². The molecular formula is C27H30N2O4. The Labute approximate surface area is 195 Å². The second-order valence-electron chi connectivity index (χ2n) is 7.77. The van der Waals surface area contributed by atoms with E-state index in [4.69, 9.17) is 9.47 Å². The van der Waals surface area contributed by atoms with Gasteiger partial charge in [0, 0.05) is 20.0 Å². The Morgan fingerprint density at radius 1 is 0.909 bits per heavy atom. The molecule has 1 N–H and O–H groups in total. The number of benzene rings is 3. The summed E-state index contributed by atoms with van der Waals surface area (Å²) in [5.74, 6) is 0.509. The van der Waals surface area contributed by atoms with Gasteiger partial charge in [0.1, 0.15) is 6.04 Å². The normalized spacial score (nSPS) is 11.4. The Hall–Kier alpha value is -3.80. The van der Waals surface area contributed by atoms with Crippen LogP contribution < -0.4 is 14.8 Å². The van der Waals surface area contributed by atoms with E-state index in [2.05, 4.69) is 5.32 Å². The van der Waals surface area contributed by atoms with Crippen molar-refractivity contribution in [2.75, 3.05) is 20.8 Å². The molecule has 0 radical (unpaired) electrons. The first kappa shape index (κ1) is 23.9. The van der Waals surface area contributed by atoms with Gasteiger partial charge in [0.25, 0.3) is 5.91 Å². The molecule has 2 amide bonds. The lowest BCUT2D eigenvalue weighted by molar-refractivity contribution is -0.142. The van der Waals surface area contributed by atoms with Crippen molar-refractivity contribution < 1.29 is 19.1 Å². The van der Waals surface area contributed by atoms with Gasteiger partial charge >= 0.3 is 0 Å². The maximum atomic E-state index is 13.4. The van der Waals surface area contributed by atoms with Crippen LogP contribution in [0.5, 0.6) is 11.5 Å². The fraction of sp³-hybridized carbons (Fsp3) is 0.259. The monoisotopic (exact) mass is 446 g/mol. The SMILES string of the molecule is CNC(=O)[C@H](Cc1ccccc1)N(Cc1cccc(C)c1)C(=O)COc1ccccc1OC. The first-order valence-corrected chi connectivity index (χ1v) is 10.9.